The Hall–Kier alpha value is -2.29. The molecule has 3 nitrogen and oxygen atoms in total. The second kappa shape index (κ2) is 9.59. The summed E-state index contributed by atoms with van der Waals surface area (Å²) in [6, 6.07) is 17.3. The van der Waals surface area contributed by atoms with Gasteiger partial charge in [-0.05, 0) is 60.4 Å². The van der Waals surface area contributed by atoms with Crippen molar-refractivity contribution in [2.45, 2.75) is 58.4 Å². The van der Waals surface area contributed by atoms with Gasteiger partial charge in [0, 0.05) is 31.7 Å². The first-order chi connectivity index (χ1) is 13.1. The first kappa shape index (κ1) is 19.5. The molecule has 1 aliphatic rings. The van der Waals surface area contributed by atoms with Crippen LogP contribution in [0, 0.1) is 0 Å². The summed E-state index contributed by atoms with van der Waals surface area (Å²) in [5, 5.41) is 3.05. The second-order valence-corrected chi connectivity index (χ2v) is 7.89. The molecule has 1 N–H and O–H groups in total. The van der Waals surface area contributed by atoms with E-state index in [9.17, 15) is 4.79 Å². The van der Waals surface area contributed by atoms with Crippen LogP contribution in [0.3, 0.4) is 0 Å². The van der Waals surface area contributed by atoms with E-state index in [4.69, 9.17) is 0 Å². The largest absolute Gasteiger partial charge is 0.372 e. The molecule has 0 aromatic heterocycles. The fourth-order valence-corrected chi connectivity index (χ4v) is 3.59. The number of aryl methyl sites for hydroxylation is 1. The summed E-state index contributed by atoms with van der Waals surface area (Å²) < 4.78 is 0. The summed E-state index contributed by atoms with van der Waals surface area (Å²) >= 11 is 0. The lowest BCUT2D eigenvalue weighted by Gasteiger charge is -2.28. The van der Waals surface area contributed by atoms with Crippen LogP contribution in [0.4, 0.5) is 5.69 Å². The van der Waals surface area contributed by atoms with Gasteiger partial charge in [0.25, 0.3) is 0 Å². The van der Waals surface area contributed by atoms with E-state index in [1.807, 2.05) is 0 Å². The predicted molar refractivity (Wildman–Crippen MR) is 113 cm³/mol. The van der Waals surface area contributed by atoms with E-state index in [0.717, 1.165) is 25.1 Å². The first-order valence-electron chi connectivity index (χ1n) is 10.3. The topological polar surface area (TPSA) is 32.3 Å². The highest BCUT2D eigenvalue weighted by atomic mass is 16.1. The van der Waals surface area contributed by atoms with Crippen LogP contribution in [0.25, 0.3) is 0 Å². The summed E-state index contributed by atoms with van der Waals surface area (Å²) in [6.07, 6.45) is 5.25. The molecule has 0 atom stereocenters. The lowest BCUT2D eigenvalue weighted by molar-refractivity contribution is -0.121. The fraction of sp³-hybridized carbons (Fsp3) is 0.458. The minimum atomic E-state index is 0.114. The highest BCUT2D eigenvalue weighted by Crippen LogP contribution is 2.20. The number of carbonyl (C=O) groups excluding carboxylic acids is 1. The van der Waals surface area contributed by atoms with Gasteiger partial charge in [-0.2, -0.15) is 0 Å². The summed E-state index contributed by atoms with van der Waals surface area (Å²) in [5.41, 5.74) is 5.02. The zero-order valence-electron chi connectivity index (χ0n) is 16.7. The van der Waals surface area contributed by atoms with E-state index >= 15 is 0 Å². The van der Waals surface area contributed by atoms with Gasteiger partial charge in [-0.3, -0.25) is 4.79 Å². The van der Waals surface area contributed by atoms with Gasteiger partial charge in [-0.25, -0.2) is 0 Å². The molecule has 0 saturated carbocycles. The highest BCUT2D eigenvalue weighted by molar-refractivity contribution is 5.76. The number of carbonyl (C=O) groups is 1. The van der Waals surface area contributed by atoms with Gasteiger partial charge in [0.2, 0.25) is 5.91 Å². The Labute approximate surface area is 163 Å². The quantitative estimate of drug-likeness (QED) is 0.746. The van der Waals surface area contributed by atoms with Gasteiger partial charge in [0.1, 0.15) is 0 Å². The smallest absolute Gasteiger partial charge is 0.220 e. The zero-order valence-corrected chi connectivity index (χ0v) is 16.7. The predicted octanol–water partition coefficient (Wildman–Crippen LogP) is 5.05. The normalized spacial score (nSPS) is 14.4. The van der Waals surface area contributed by atoms with Crippen molar-refractivity contribution in [2.75, 3.05) is 18.0 Å². The number of hydrogen-bond acceptors (Lipinski definition) is 2. The Bertz CT molecular complexity index is 713. The number of nitrogens with one attached hydrogen (secondary N) is 1. The van der Waals surface area contributed by atoms with E-state index in [1.165, 1.54) is 36.1 Å². The van der Waals surface area contributed by atoms with Gasteiger partial charge in [-0.15, -0.1) is 0 Å². The summed E-state index contributed by atoms with van der Waals surface area (Å²) in [6.45, 7) is 7.32. The highest BCUT2D eigenvalue weighted by Gasteiger charge is 2.10. The summed E-state index contributed by atoms with van der Waals surface area (Å²) in [4.78, 5) is 14.6. The number of rotatable bonds is 7. The first-order valence-corrected chi connectivity index (χ1v) is 10.3. The van der Waals surface area contributed by atoms with Gasteiger partial charge < -0.3 is 10.2 Å². The number of piperidine rings is 1. The summed E-state index contributed by atoms with van der Waals surface area (Å²) in [7, 11) is 0. The molecule has 1 saturated heterocycles. The van der Waals surface area contributed by atoms with Crippen molar-refractivity contribution in [3.8, 4) is 0 Å². The minimum Gasteiger partial charge on any atom is -0.372 e. The van der Waals surface area contributed by atoms with E-state index in [-0.39, 0.29) is 5.91 Å². The van der Waals surface area contributed by atoms with Crippen molar-refractivity contribution < 1.29 is 4.79 Å². The van der Waals surface area contributed by atoms with Crippen LogP contribution in [0.15, 0.2) is 48.5 Å². The summed E-state index contributed by atoms with van der Waals surface area (Å²) in [5.74, 6) is 0.659. The minimum absolute atomic E-state index is 0.114. The standard InChI is InChI=1S/C24H32N2O/c1-19(2)22-11-6-20(7-12-22)10-15-24(27)25-18-21-8-13-23(14-9-21)26-16-4-3-5-17-26/h6-9,11-14,19H,3-5,10,15-18H2,1-2H3,(H,25,27). The number of nitrogens with zero attached hydrogens (tertiary/aromatic N) is 1. The molecular formula is C24H32N2O. The third-order valence-corrected chi connectivity index (χ3v) is 5.43. The molecule has 0 bridgehead atoms. The average Bonchev–Trinajstić information content (AvgIpc) is 2.72. The van der Waals surface area contributed by atoms with E-state index in [1.54, 1.807) is 0 Å². The van der Waals surface area contributed by atoms with Crippen LogP contribution in [0.5, 0.6) is 0 Å². The molecule has 1 amide bonds. The average molecular weight is 365 g/mol. The molecule has 0 unspecified atom stereocenters. The van der Waals surface area contributed by atoms with Crippen LogP contribution < -0.4 is 10.2 Å². The number of anilines is 1. The molecular weight excluding hydrogens is 332 g/mol. The van der Waals surface area contributed by atoms with Crippen molar-refractivity contribution in [2.24, 2.45) is 0 Å². The van der Waals surface area contributed by atoms with Gasteiger partial charge in [0.15, 0.2) is 0 Å². The molecule has 2 aromatic carbocycles. The van der Waals surface area contributed by atoms with Crippen molar-refractivity contribution in [1.29, 1.82) is 0 Å². The van der Waals surface area contributed by atoms with Crippen LogP contribution in [-0.2, 0) is 17.8 Å². The maximum absolute atomic E-state index is 12.2. The van der Waals surface area contributed by atoms with E-state index in [2.05, 4.69) is 72.6 Å². The molecule has 144 valence electrons. The fourth-order valence-electron chi connectivity index (χ4n) is 3.59. The molecule has 3 rings (SSSR count). The molecule has 3 heteroatoms. The van der Waals surface area contributed by atoms with E-state index in [0.29, 0.717) is 18.9 Å². The van der Waals surface area contributed by atoms with Crippen molar-refractivity contribution in [3.05, 3.63) is 65.2 Å². The van der Waals surface area contributed by atoms with Crippen molar-refractivity contribution in [3.63, 3.8) is 0 Å². The third kappa shape index (κ3) is 5.85. The molecule has 1 aliphatic heterocycles. The lowest BCUT2D eigenvalue weighted by Crippen LogP contribution is -2.29. The molecule has 2 aromatic rings. The Kier molecular flexibility index (Phi) is 6.92. The zero-order chi connectivity index (χ0) is 19.1. The van der Waals surface area contributed by atoms with Crippen LogP contribution in [0.1, 0.15) is 62.1 Å². The number of hydrogen-bond donors (Lipinski definition) is 1. The maximum atomic E-state index is 12.2. The SMILES string of the molecule is CC(C)c1ccc(CCC(=O)NCc2ccc(N3CCCCC3)cc2)cc1. The molecule has 0 radical (unpaired) electrons. The molecule has 27 heavy (non-hydrogen) atoms. The van der Waals surface area contributed by atoms with Crippen LogP contribution in [0.2, 0.25) is 0 Å². The molecule has 1 heterocycles. The Morgan fingerprint density at radius 3 is 2.19 bits per heavy atom. The van der Waals surface area contributed by atoms with Crippen molar-refractivity contribution >= 4 is 11.6 Å². The van der Waals surface area contributed by atoms with Crippen LogP contribution >= 0.6 is 0 Å². The Morgan fingerprint density at radius 1 is 0.926 bits per heavy atom. The molecule has 0 spiro atoms. The second-order valence-electron chi connectivity index (χ2n) is 7.89. The van der Waals surface area contributed by atoms with Gasteiger partial charge >= 0.3 is 0 Å². The number of benzene rings is 2. The van der Waals surface area contributed by atoms with E-state index < -0.39 is 0 Å². The monoisotopic (exact) mass is 364 g/mol. The number of amides is 1. The molecule has 0 aliphatic carbocycles. The molecule has 1 fully saturated rings. The Balaban J connectivity index is 1.42. The Morgan fingerprint density at radius 2 is 1.56 bits per heavy atom. The maximum Gasteiger partial charge on any atom is 0.220 e. The lowest BCUT2D eigenvalue weighted by atomic mass is 10.0. The van der Waals surface area contributed by atoms with Gasteiger partial charge in [-0.1, -0.05) is 50.2 Å². The van der Waals surface area contributed by atoms with Crippen molar-refractivity contribution in [1.82, 2.24) is 5.32 Å². The van der Waals surface area contributed by atoms with Gasteiger partial charge in [0.05, 0.1) is 0 Å². The third-order valence-electron chi connectivity index (χ3n) is 5.43. The van der Waals surface area contributed by atoms with Crippen LogP contribution in [-0.4, -0.2) is 19.0 Å².